The van der Waals surface area contributed by atoms with E-state index in [1.165, 1.54) is 18.5 Å². The summed E-state index contributed by atoms with van der Waals surface area (Å²) in [5.74, 6) is 0.330. The molecule has 0 radical (unpaired) electrons. The van der Waals surface area contributed by atoms with E-state index in [9.17, 15) is 22.7 Å². The highest BCUT2D eigenvalue weighted by Gasteiger charge is 2.38. The van der Waals surface area contributed by atoms with Crippen molar-refractivity contribution in [3.63, 3.8) is 0 Å². The summed E-state index contributed by atoms with van der Waals surface area (Å²) in [7, 11) is 1.76. The van der Waals surface area contributed by atoms with Gasteiger partial charge in [-0.25, -0.2) is 9.37 Å². The molecule has 2 N–H and O–H groups in total. The van der Waals surface area contributed by atoms with Gasteiger partial charge in [0.15, 0.2) is 5.82 Å². The number of hydrogen-bond acceptors (Lipinski definition) is 5. The van der Waals surface area contributed by atoms with E-state index in [0.29, 0.717) is 46.7 Å². The standard InChI is InChI=1S/C28H24F4N6O/c1-27(39)13-38(14-27)12-16-8-22(28(30,31)32)24-23(9-16)34-25(35-24)18-5-3-4-17(10-18)20-7-6-19(29)11-21(20)26-36-33-15-37(26)2/h3-11,15,39H,12-14H2,1-2H3,(H,34,35). The van der Waals surface area contributed by atoms with Crippen LogP contribution >= 0.6 is 0 Å². The number of halogens is 4. The number of hydrogen-bond donors (Lipinski definition) is 2. The van der Waals surface area contributed by atoms with Gasteiger partial charge in [-0.3, -0.25) is 4.90 Å². The Morgan fingerprint density at radius 2 is 1.79 bits per heavy atom. The van der Waals surface area contributed by atoms with E-state index in [4.69, 9.17) is 0 Å². The Hall–Kier alpha value is -4.09. The lowest BCUT2D eigenvalue weighted by molar-refractivity contribution is -0.136. The number of fused-ring (bicyclic) bond motifs is 1. The van der Waals surface area contributed by atoms with Crippen LogP contribution in [0, 0.1) is 5.82 Å². The monoisotopic (exact) mass is 536 g/mol. The van der Waals surface area contributed by atoms with E-state index in [1.54, 1.807) is 48.9 Å². The minimum atomic E-state index is -4.58. The predicted molar refractivity (Wildman–Crippen MR) is 138 cm³/mol. The molecule has 0 spiro atoms. The summed E-state index contributed by atoms with van der Waals surface area (Å²) in [5, 5.41) is 18.0. The number of aromatic nitrogens is 5. The van der Waals surface area contributed by atoms with Gasteiger partial charge in [0.1, 0.15) is 18.0 Å². The van der Waals surface area contributed by atoms with E-state index in [1.807, 2.05) is 11.0 Å². The molecular weight excluding hydrogens is 512 g/mol. The molecule has 0 atom stereocenters. The van der Waals surface area contributed by atoms with Gasteiger partial charge < -0.3 is 14.7 Å². The zero-order chi connectivity index (χ0) is 27.5. The van der Waals surface area contributed by atoms with Crippen LogP contribution in [-0.4, -0.2) is 53.4 Å². The first-order chi connectivity index (χ1) is 18.5. The molecule has 3 aromatic carbocycles. The average Bonchev–Trinajstić information content (AvgIpc) is 3.48. The Bertz CT molecular complexity index is 1700. The van der Waals surface area contributed by atoms with E-state index in [2.05, 4.69) is 20.2 Å². The molecule has 11 heteroatoms. The number of likely N-dealkylation sites (tertiary alicyclic amines) is 1. The van der Waals surface area contributed by atoms with Crippen LogP contribution in [-0.2, 0) is 19.8 Å². The molecule has 200 valence electrons. The minimum absolute atomic E-state index is 0.0937. The van der Waals surface area contributed by atoms with Gasteiger partial charge in [-0.1, -0.05) is 24.3 Å². The first-order valence-corrected chi connectivity index (χ1v) is 12.3. The van der Waals surface area contributed by atoms with Gasteiger partial charge in [0.05, 0.1) is 22.2 Å². The number of aliphatic hydroxyl groups is 1. The predicted octanol–water partition coefficient (Wildman–Crippen LogP) is 5.42. The summed E-state index contributed by atoms with van der Waals surface area (Å²) in [4.78, 5) is 9.28. The number of alkyl halides is 3. The smallest absolute Gasteiger partial charge is 0.388 e. The van der Waals surface area contributed by atoms with Crippen molar-refractivity contribution < 1.29 is 22.7 Å². The number of β-amino-alcohol motifs (C(OH)–C–C–N with tert-alkyl or cyclic N) is 1. The summed E-state index contributed by atoms with van der Waals surface area (Å²) in [6, 6.07) is 14.3. The lowest BCUT2D eigenvalue weighted by atomic mass is 9.96. The lowest BCUT2D eigenvalue weighted by Gasteiger charge is -2.44. The van der Waals surface area contributed by atoms with Crippen LogP contribution in [0.25, 0.3) is 44.9 Å². The van der Waals surface area contributed by atoms with Gasteiger partial charge in [-0.2, -0.15) is 13.2 Å². The highest BCUT2D eigenvalue weighted by atomic mass is 19.4. The largest absolute Gasteiger partial charge is 0.418 e. The molecule has 0 bridgehead atoms. The Morgan fingerprint density at radius 3 is 2.49 bits per heavy atom. The third kappa shape index (κ3) is 4.79. The van der Waals surface area contributed by atoms with Crippen molar-refractivity contribution in [3.8, 4) is 33.9 Å². The number of aryl methyl sites for hydroxylation is 1. The second-order valence-corrected chi connectivity index (χ2v) is 10.3. The van der Waals surface area contributed by atoms with Gasteiger partial charge in [0, 0.05) is 37.8 Å². The Kier molecular flexibility index (Phi) is 5.81. The van der Waals surface area contributed by atoms with Crippen LogP contribution in [0.4, 0.5) is 17.6 Å². The van der Waals surface area contributed by atoms with Crippen LogP contribution in [0.3, 0.4) is 0 Å². The Morgan fingerprint density at radius 1 is 1.03 bits per heavy atom. The van der Waals surface area contributed by atoms with Gasteiger partial charge >= 0.3 is 6.18 Å². The average molecular weight is 537 g/mol. The zero-order valence-corrected chi connectivity index (χ0v) is 21.1. The molecule has 0 unspecified atom stereocenters. The number of aromatic amines is 1. The molecule has 6 rings (SSSR count). The fraction of sp³-hybridized carbons (Fsp3) is 0.250. The lowest BCUT2D eigenvalue weighted by Crippen LogP contribution is -2.59. The summed E-state index contributed by atoms with van der Waals surface area (Å²) < 4.78 is 58.0. The number of nitrogens with zero attached hydrogens (tertiary/aromatic N) is 5. The summed E-state index contributed by atoms with van der Waals surface area (Å²) in [6.07, 6.45) is -3.06. The topological polar surface area (TPSA) is 82.9 Å². The maximum Gasteiger partial charge on any atom is 0.418 e. The van der Waals surface area contributed by atoms with E-state index >= 15 is 0 Å². The molecule has 1 aliphatic heterocycles. The van der Waals surface area contributed by atoms with Crippen molar-refractivity contribution >= 4 is 11.0 Å². The molecule has 5 aromatic rings. The second kappa shape index (κ2) is 8.99. The zero-order valence-electron chi connectivity index (χ0n) is 21.1. The molecule has 0 saturated carbocycles. The minimum Gasteiger partial charge on any atom is -0.388 e. The van der Waals surface area contributed by atoms with Crippen LogP contribution in [0.2, 0.25) is 0 Å². The molecule has 1 aliphatic rings. The third-order valence-corrected chi connectivity index (χ3v) is 6.87. The number of rotatable bonds is 5. The van der Waals surface area contributed by atoms with Crippen molar-refractivity contribution in [2.24, 2.45) is 7.05 Å². The Labute approximate surface area is 220 Å². The number of H-pyrrole nitrogens is 1. The third-order valence-electron chi connectivity index (χ3n) is 6.87. The van der Waals surface area contributed by atoms with Crippen molar-refractivity contribution in [3.05, 3.63) is 77.9 Å². The van der Waals surface area contributed by atoms with Gasteiger partial charge in [-0.05, 0) is 53.9 Å². The van der Waals surface area contributed by atoms with Crippen LogP contribution < -0.4 is 0 Å². The van der Waals surface area contributed by atoms with Crippen molar-refractivity contribution in [1.82, 2.24) is 29.6 Å². The number of benzene rings is 3. The van der Waals surface area contributed by atoms with Crippen LogP contribution in [0.1, 0.15) is 18.1 Å². The molecule has 1 fully saturated rings. The highest BCUT2D eigenvalue weighted by molar-refractivity contribution is 5.86. The SMILES string of the molecule is Cn1cnnc1-c1cc(F)ccc1-c1cccc(-c2nc3cc(CN4CC(C)(O)C4)cc(C(F)(F)F)c3[nH]2)c1. The highest BCUT2D eigenvalue weighted by Crippen LogP contribution is 2.38. The van der Waals surface area contributed by atoms with Crippen LogP contribution in [0.5, 0.6) is 0 Å². The van der Waals surface area contributed by atoms with Gasteiger partial charge in [0.2, 0.25) is 0 Å². The van der Waals surface area contributed by atoms with Crippen LogP contribution in [0.15, 0.2) is 60.9 Å². The number of nitrogens with one attached hydrogen (secondary N) is 1. The van der Waals surface area contributed by atoms with E-state index < -0.39 is 23.2 Å². The van der Waals surface area contributed by atoms with Crippen molar-refractivity contribution in [2.75, 3.05) is 13.1 Å². The quantitative estimate of drug-likeness (QED) is 0.293. The van der Waals surface area contributed by atoms with Crippen molar-refractivity contribution in [2.45, 2.75) is 25.2 Å². The summed E-state index contributed by atoms with van der Waals surface area (Å²) >= 11 is 0. The normalized spacial score (nSPS) is 15.6. The second-order valence-electron chi connectivity index (χ2n) is 10.3. The van der Waals surface area contributed by atoms with Gasteiger partial charge in [0.25, 0.3) is 0 Å². The fourth-order valence-electron chi connectivity index (χ4n) is 5.22. The first kappa shape index (κ1) is 25.2. The van der Waals surface area contributed by atoms with E-state index in [0.717, 1.165) is 6.07 Å². The molecule has 39 heavy (non-hydrogen) atoms. The van der Waals surface area contributed by atoms with Crippen molar-refractivity contribution in [1.29, 1.82) is 0 Å². The number of imidazole rings is 1. The molecule has 3 heterocycles. The first-order valence-electron chi connectivity index (χ1n) is 12.3. The van der Waals surface area contributed by atoms with Gasteiger partial charge in [-0.15, -0.1) is 10.2 Å². The maximum atomic E-state index is 14.2. The molecule has 2 aromatic heterocycles. The Balaban J connectivity index is 1.41. The molecule has 0 aliphatic carbocycles. The fourth-order valence-corrected chi connectivity index (χ4v) is 5.22. The maximum absolute atomic E-state index is 14.2. The molecule has 7 nitrogen and oxygen atoms in total. The summed E-state index contributed by atoms with van der Waals surface area (Å²) in [5.41, 5.74) is 1.48. The molecular formula is C28H24F4N6O. The molecule has 0 amide bonds. The summed E-state index contributed by atoms with van der Waals surface area (Å²) in [6.45, 7) is 2.77. The van der Waals surface area contributed by atoms with E-state index in [-0.39, 0.29) is 23.4 Å². The molecule has 1 saturated heterocycles.